The van der Waals surface area contributed by atoms with Gasteiger partial charge in [0.05, 0.1) is 6.61 Å². The number of anilines is 1. The van der Waals surface area contributed by atoms with E-state index in [9.17, 15) is 0 Å². The molecule has 5 nitrogen and oxygen atoms in total. The van der Waals surface area contributed by atoms with Gasteiger partial charge in [-0.2, -0.15) is 15.0 Å². The number of nitrogens with one attached hydrogen (secondary N) is 1. The summed E-state index contributed by atoms with van der Waals surface area (Å²) in [5, 5.41) is 3.38. The maximum Gasteiger partial charge on any atom is 0.322 e. The van der Waals surface area contributed by atoms with Crippen molar-refractivity contribution in [1.29, 1.82) is 0 Å². The number of aromatic nitrogens is 3. The van der Waals surface area contributed by atoms with Crippen LogP contribution in [0.2, 0.25) is 5.28 Å². The van der Waals surface area contributed by atoms with Gasteiger partial charge in [0.25, 0.3) is 0 Å². The van der Waals surface area contributed by atoms with Gasteiger partial charge in [0.2, 0.25) is 11.2 Å². The van der Waals surface area contributed by atoms with Crippen molar-refractivity contribution in [1.82, 2.24) is 15.0 Å². The normalized spacial score (nSPS) is 23.1. The van der Waals surface area contributed by atoms with E-state index in [2.05, 4.69) is 27.2 Å². The summed E-state index contributed by atoms with van der Waals surface area (Å²) in [6.07, 6.45) is 3.85. The van der Waals surface area contributed by atoms with Crippen LogP contribution in [0.15, 0.2) is 0 Å². The Kier molecular flexibility index (Phi) is 4.58. The van der Waals surface area contributed by atoms with Gasteiger partial charge in [0.15, 0.2) is 0 Å². The van der Waals surface area contributed by atoms with Crippen LogP contribution in [0.1, 0.15) is 33.1 Å². The summed E-state index contributed by atoms with van der Waals surface area (Å²) < 4.78 is 5.23. The van der Waals surface area contributed by atoms with E-state index < -0.39 is 0 Å². The fourth-order valence-corrected chi connectivity index (χ4v) is 2.50. The minimum Gasteiger partial charge on any atom is -0.464 e. The summed E-state index contributed by atoms with van der Waals surface area (Å²) >= 11 is 5.82. The van der Waals surface area contributed by atoms with Gasteiger partial charge in [-0.25, -0.2) is 0 Å². The Hall–Kier alpha value is -1.10. The monoisotopic (exact) mass is 270 g/mol. The van der Waals surface area contributed by atoms with Crippen LogP contribution < -0.4 is 10.1 Å². The molecule has 1 aliphatic carbocycles. The van der Waals surface area contributed by atoms with Gasteiger partial charge in [0.1, 0.15) is 0 Å². The molecular formula is C12H19ClN4O. The van der Waals surface area contributed by atoms with Gasteiger partial charge in [-0.05, 0) is 43.2 Å². The highest BCUT2D eigenvalue weighted by atomic mass is 35.5. The zero-order valence-corrected chi connectivity index (χ0v) is 11.6. The predicted octanol–water partition coefficient (Wildman–Crippen LogP) is 2.77. The van der Waals surface area contributed by atoms with Crippen LogP contribution in [-0.4, -0.2) is 28.1 Å². The highest BCUT2D eigenvalue weighted by molar-refractivity contribution is 6.28. The van der Waals surface area contributed by atoms with E-state index in [1.54, 1.807) is 0 Å². The lowest BCUT2D eigenvalue weighted by Gasteiger charge is -2.11. The Morgan fingerprint density at radius 1 is 1.33 bits per heavy atom. The van der Waals surface area contributed by atoms with Crippen LogP contribution in [0.3, 0.4) is 0 Å². The molecule has 0 saturated heterocycles. The molecule has 18 heavy (non-hydrogen) atoms. The van der Waals surface area contributed by atoms with Crippen molar-refractivity contribution in [2.75, 3.05) is 18.5 Å². The van der Waals surface area contributed by atoms with Crippen molar-refractivity contribution in [2.24, 2.45) is 11.8 Å². The number of hydrogen-bond donors (Lipinski definition) is 1. The van der Waals surface area contributed by atoms with Crippen molar-refractivity contribution in [3.8, 4) is 6.01 Å². The van der Waals surface area contributed by atoms with Gasteiger partial charge in [-0.3, -0.25) is 0 Å². The Balaban J connectivity index is 1.92. The zero-order valence-electron chi connectivity index (χ0n) is 10.8. The summed E-state index contributed by atoms with van der Waals surface area (Å²) in [7, 11) is 0. The summed E-state index contributed by atoms with van der Waals surface area (Å²) in [5.41, 5.74) is 0. The first-order valence-corrected chi connectivity index (χ1v) is 6.83. The van der Waals surface area contributed by atoms with Gasteiger partial charge >= 0.3 is 6.01 Å². The molecule has 1 aromatic rings. The largest absolute Gasteiger partial charge is 0.464 e. The average molecular weight is 271 g/mol. The molecule has 1 N–H and O–H groups in total. The highest BCUT2D eigenvalue weighted by Gasteiger charge is 2.21. The van der Waals surface area contributed by atoms with Gasteiger partial charge < -0.3 is 10.1 Å². The number of rotatable bonds is 5. The molecule has 1 heterocycles. The van der Waals surface area contributed by atoms with Crippen molar-refractivity contribution in [3.63, 3.8) is 0 Å². The van der Waals surface area contributed by atoms with Crippen LogP contribution in [0, 0.1) is 11.8 Å². The molecule has 0 bridgehead atoms. The molecule has 0 aromatic carbocycles. The Morgan fingerprint density at radius 2 is 2.17 bits per heavy atom. The number of hydrogen-bond acceptors (Lipinski definition) is 5. The summed E-state index contributed by atoms with van der Waals surface area (Å²) in [5.74, 6) is 2.03. The molecule has 2 unspecified atom stereocenters. The molecule has 0 spiro atoms. The van der Waals surface area contributed by atoms with E-state index >= 15 is 0 Å². The number of nitrogens with zero attached hydrogens (tertiary/aromatic N) is 3. The molecule has 1 saturated carbocycles. The van der Waals surface area contributed by atoms with Crippen molar-refractivity contribution >= 4 is 17.5 Å². The number of ether oxygens (including phenoxy) is 1. The van der Waals surface area contributed by atoms with Crippen molar-refractivity contribution in [2.45, 2.75) is 33.1 Å². The first kappa shape index (κ1) is 13.3. The smallest absolute Gasteiger partial charge is 0.322 e. The Morgan fingerprint density at radius 3 is 2.83 bits per heavy atom. The topological polar surface area (TPSA) is 59.9 Å². The third-order valence-electron chi connectivity index (χ3n) is 3.21. The molecule has 100 valence electrons. The van der Waals surface area contributed by atoms with Crippen molar-refractivity contribution < 1.29 is 4.74 Å². The minimum atomic E-state index is 0.163. The molecule has 0 amide bonds. The zero-order chi connectivity index (χ0) is 13.0. The van der Waals surface area contributed by atoms with Crippen LogP contribution in [0.5, 0.6) is 6.01 Å². The van der Waals surface area contributed by atoms with E-state index in [4.69, 9.17) is 16.3 Å². The van der Waals surface area contributed by atoms with E-state index in [0.29, 0.717) is 18.5 Å². The van der Waals surface area contributed by atoms with Crippen LogP contribution in [-0.2, 0) is 0 Å². The molecule has 1 fully saturated rings. The lowest BCUT2D eigenvalue weighted by Crippen LogP contribution is -2.14. The molecule has 6 heteroatoms. The van der Waals surface area contributed by atoms with E-state index in [1.807, 2.05) is 6.92 Å². The fourth-order valence-electron chi connectivity index (χ4n) is 2.35. The van der Waals surface area contributed by atoms with Crippen LogP contribution in [0.25, 0.3) is 0 Å². The predicted molar refractivity (Wildman–Crippen MR) is 71.0 cm³/mol. The molecular weight excluding hydrogens is 252 g/mol. The quantitative estimate of drug-likeness (QED) is 0.891. The fraction of sp³-hybridized carbons (Fsp3) is 0.750. The standard InChI is InChI=1S/C12H19ClN4O/c1-3-18-12-16-10(13)15-11(17-12)14-7-9-5-4-8(2)6-9/h8-9H,3-7H2,1-2H3,(H,14,15,16,17). The van der Waals surface area contributed by atoms with Crippen molar-refractivity contribution in [3.05, 3.63) is 5.28 Å². The molecule has 2 atom stereocenters. The Labute approximate surface area is 112 Å². The van der Waals surface area contributed by atoms with E-state index in [1.165, 1.54) is 19.3 Å². The number of halogens is 1. The van der Waals surface area contributed by atoms with E-state index in [0.717, 1.165) is 12.5 Å². The second kappa shape index (κ2) is 6.18. The molecule has 0 radical (unpaired) electrons. The first-order chi connectivity index (χ1) is 8.67. The van der Waals surface area contributed by atoms with Crippen LogP contribution in [0.4, 0.5) is 5.95 Å². The second-order valence-corrected chi connectivity index (χ2v) is 5.15. The molecule has 0 aliphatic heterocycles. The molecule has 1 aliphatic rings. The highest BCUT2D eigenvalue weighted by Crippen LogP contribution is 2.30. The summed E-state index contributed by atoms with van der Waals surface area (Å²) in [6, 6.07) is 0.278. The van der Waals surface area contributed by atoms with Crippen LogP contribution >= 0.6 is 11.6 Å². The maximum absolute atomic E-state index is 5.82. The summed E-state index contributed by atoms with van der Waals surface area (Å²) in [6.45, 7) is 5.58. The third kappa shape index (κ3) is 3.70. The van der Waals surface area contributed by atoms with Gasteiger partial charge in [-0.1, -0.05) is 13.3 Å². The SMILES string of the molecule is CCOc1nc(Cl)nc(NCC2CCC(C)C2)n1. The molecule has 2 rings (SSSR count). The summed E-state index contributed by atoms with van der Waals surface area (Å²) in [4.78, 5) is 12.1. The van der Waals surface area contributed by atoms with Gasteiger partial charge in [-0.15, -0.1) is 0 Å². The first-order valence-electron chi connectivity index (χ1n) is 6.45. The lowest BCUT2D eigenvalue weighted by atomic mass is 10.1. The minimum absolute atomic E-state index is 0.163. The second-order valence-electron chi connectivity index (χ2n) is 4.81. The third-order valence-corrected chi connectivity index (χ3v) is 3.38. The van der Waals surface area contributed by atoms with Gasteiger partial charge in [0, 0.05) is 6.54 Å². The lowest BCUT2D eigenvalue weighted by molar-refractivity contribution is 0.312. The Bertz CT molecular complexity index is 402. The average Bonchev–Trinajstić information content (AvgIpc) is 2.72. The van der Waals surface area contributed by atoms with E-state index in [-0.39, 0.29) is 11.3 Å². The maximum atomic E-state index is 5.82. The molecule has 1 aromatic heterocycles.